The van der Waals surface area contributed by atoms with E-state index in [4.69, 9.17) is 11.6 Å². The van der Waals surface area contributed by atoms with Crippen LogP contribution in [-0.4, -0.2) is 36.2 Å². The van der Waals surface area contributed by atoms with Crippen LogP contribution in [0.25, 0.3) is 0 Å². The van der Waals surface area contributed by atoms with Crippen LogP contribution in [0.3, 0.4) is 0 Å². The first-order chi connectivity index (χ1) is 9.25. The molecule has 1 fully saturated rings. The molecule has 2 rings (SSSR count). The normalized spacial score (nSPS) is 17.3. The van der Waals surface area contributed by atoms with Crippen molar-refractivity contribution in [3.05, 3.63) is 28.8 Å². The van der Waals surface area contributed by atoms with Gasteiger partial charge in [-0.25, -0.2) is 0 Å². The van der Waals surface area contributed by atoms with Crippen LogP contribution >= 0.6 is 11.6 Å². The lowest BCUT2D eigenvalue weighted by Gasteiger charge is -2.19. The molecule has 0 amide bonds. The van der Waals surface area contributed by atoms with E-state index in [2.05, 4.69) is 10.2 Å². The van der Waals surface area contributed by atoms with Crippen LogP contribution in [-0.2, 0) is 6.54 Å². The summed E-state index contributed by atoms with van der Waals surface area (Å²) in [6.45, 7) is 5.15. The van der Waals surface area contributed by atoms with Crippen molar-refractivity contribution in [1.29, 1.82) is 0 Å². The van der Waals surface area contributed by atoms with Gasteiger partial charge in [-0.2, -0.15) is 0 Å². The Labute approximate surface area is 120 Å². The highest BCUT2D eigenvalue weighted by atomic mass is 35.5. The summed E-state index contributed by atoms with van der Waals surface area (Å²) in [5, 5.41) is 13.8. The predicted molar refractivity (Wildman–Crippen MR) is 79.7 cm³/mol. The standard InChI is InChI=1S/C15H23ClN2O/c16-14-5-6-15(19)13(11-14)12-17-7-10-18-8-3-1-2-4-9-18/h5-6,11,17,19H,1-4,7-10,12H2. The fourth-order valence-corrected chi connectivity index (χ4v) is 2.71. The third-order valence-corrected chi connectivity index (χ3v) is 3.90. The maximum Gasteiger partial charge on any atom is 0.120 e. The fourth-order valence-electron chi connectivity index (χ4n) is 2.52. The lowest BCUT2D eigenvalue weighted by molar-refractivity contribution is 0.284. The SMILES string of the molecule is Oc1ccc(Cl)cc1CNCCN1CCCCCC1. The lowest BCUT2D eigenvalue weighted by atomic mass is 10.2. The van der Waals surface area contributed by atoms with Gasteiger partial charge in [0.25, 0.3) is 0 Å². The quantitative estimate of drug-likeness (QED) is 0.815. The summed E-state index contributed by atoms with van der Waals surface area (Å²) in [5.74, 6) is 0.312. The molecule has 0 atom stereocenters. The maximum absolute atomic E-state index is 9.71. The minimum Gasteiger partial charge on any atom is -0.508 e. The molecule has 0 aliphatic carbocycles. The predicted octanol–water partition coefficient (Wildman–Crippen LogP) is 3.01. The minimum absolute atomic E-state index is 0.312. The summed E-state index contributed by atoms with van der Waals surface area (Å²) in [6, 6.07) is 5.17. The number of phenolic OH excluding ortho intramolecular Hbond substituents is 1. The number of nitrogens with zero attached hydrogens (tertiary/aromatic N) is 1. The maximum atomic E-state index is 9.71. The molecule has 1 aromatic carbocycles. The number of aromatic hydroxyl groups is 1. The van der Waals surface area contributed by atoms with E-state index in [1.807, 2.05) is 6.07 Å². The Morgan fingerprint density at radius 1 is 1.16 bits per heavy atom. The largest absolute Gasteiger partial charge is 0.508 e. The molecule has 1 aliphatic rings. The molecule has 1 heterocycles. The van der Waals surface area contributed by atoms with Gasteiger partial charge in [0.05, 0.1) is 0 Å². The Balaban J connectivity index is 1.69. The monoisotopic (exact) mass is 282 g/mol. The van der Waals surface area contributed by atoms with E-state index in [1.54, 1.807) is 12.1 Å². The van der Waals surface area contributed by atoms with Gasteiger partial charge in [0, 0.05) is 30.2 Å². The molecule has 0 bridgehead atoms. The van der Waals surface area contributed by atoms with Crippen LogP contribution < -0.4 is 5.32 Å². The zero-order valence-corrected chi connectivity index (χ0v) is 12.1. The van der Waals surface area contributed by atoms with Crippen molar-refractivity contribution in [1.82, 2.24) is 10.2 Å². The van der Waals surface area contributed by atoms with E-state index >= 15 is 0 Å². The molecule has 0 unspecified atom stereocenters. The average molecular weight is 283 g/mol. The smallest absolute Gasteiger partial charge is 0.120 e. The molecule has 1 aliphatic heterocycles. The van der Waals surface area contributed by atoms with E-state index in [-0.39, 0.29) is 0 Å². The third kappa shape index (κ3) is 5.01. The molecular formula is C15H23ClN2O. The summed E-state index contributed by atoms with van der Waals surface area (Å²) >= 11 is 5.92. The Kier molecular flexibility index (Phi) is 5.95. The Bertz CT molecular complexity index is 390. The van der Waals surface area contributed by atoms with Crippen molar-refractivity contribution in [2.24, 2.45) is 0 Å². The first-order valence-electron chi connectivity index (χ1n) is 7.16. The third-order valence-electron chi connectivity index (χ3n) is 3.66. The zero-order valence-electron chi connectivity index (χ0n) is 11.4. The second-order valence-corrected chi connectivity index (χ2v) is 5.64. The van der Waals surface area contributed by atoms with Crippen molar-refractivity contribution in [2.45, 2.75) is 32.2 Å². The van der Waals surface area contributed by atoms with Crippen molar-refractivity contribution in [2.75, 3.05) is 26.2 Å². The molecular weight excluding hydrogens is 260 g/mol. The van der Waals surface area contributed by atoms with E-state index < -0.39 is 0 Å². The molecule has 2 N–H and O–H groups in total. The lowest BCUT2D eigenvalue weighted by Crippen LogP contribution is -2.32. The number of hydrogen-bond donors (Lipinski definition) is 2. The first-order valence-corrected chi connectivity index (χ1v) is 7.54. The molecule has 1 saturated heterocycles. The van der Waals surface area contributed by atoms with Gasteiger partial charge < -0.3 is 15.3 Å². The van der Waals surface area contributed by atoms with Crippen LogP contribution in [0.5, 0.6) is 5.75 Å². The number of phenols is 1. The second-order valence-electron chi connectivity index (χ2n) is 5.21. The van der Waals surface area contributed by atoms with Crippen molar-refractivity contribution in [3.8, 4) is 5.75 Å². The number of benzene rings is 1. The molecule has 0 spiro atoms. The van der Waals surface area contributed by atoms with Gasteiger partial charge in [-0.1, -0.05) is 24.4 Å². The summed E-state index contributed by atoms with van der Waals surface area (Å²) < 4.78 is 0. The summed E-state index contributed by atoms with van der Waals surface area (Å²) in [5.41, 5.74) is 0.864. The number of likely N-dealkylation sites (tertiary alicyclic amines) is 1. The van der Waals surface area contributed by atoms with Gasteiger partial charge >= 0.3 is 0 Å². The average Bonchev–Trinajstić information content (AvgIpc) is 2.67. The summed E-state index contributed by atoms with van der Waals surface area (Å²) in [7, 11) is 0. The van der Waals surface area contributed by atoms with Crippen LogP contribution in [0.2, 0.25) is 5.02 Å². The summed E-state index contributed by atoms with van der Waals surface area (Å²) in [4.78, 5) is 2.53. The molecule has 4 heteroatoms. The van der Waals surface area contributed by atoms with Gasteiger partial charge in [-0.3, -0.25) is 0 Å². The Hall–Kier alpha value is -0.770. The Morgan fingerprint density at radius 3 is 2.63 bits per heavy atom. The highest BCUT2D eigenvalue weighted by Crippen LogP contribution is 2.21. The van der Waals surface area contributed by atoms with E-state index in [9.17, 15) is 5.11 Å². The second kappa shape index (κ2) is 7.73. The van der Waals surface area contributed by atoms with Gasteiger partial charge in [-0.05, 0) is 44.1 Å². The first kappa shape index (κ1) is 14.6. The number of halogens is 1. The minimum atomic E-state index is 0.312. The van der Waals surface area contributed by atoms with E-state index in [1.165, 1.54) is 38.8 Å². The highest BCUT2D eigenvalue weighted by molar-refractivity contribution is 6.30. The van der Waals surface area contributed by atoms with Crippen molar-refractivity contribution in [3.63, 3.8) is 0 Å². The molecule has 106 valence electrons. The van der Waals surface area contributed by atoms with Gasteiger partial charge in [-0.15, -0.1) is 0 Å². The van der Waals surface area contributed by atoms with Crippen LogP contribution in [0.4, 0.5) is 0 Å². The van der Waals surface area contributed by atoms with E-state index in [0.29, 0.717) is 17.3 Å². The van der Waals surface area contributed by atoms with Gasteiger partial charge in [0.2, 0.25) is 0 Å². The highest BCUT2D eigenvalue weighted by Gasteiger charge is 2.08. The summed E-state index contributed by atoms with van der Waals surface area (Å²) in [6.07, 6.45) is 5.41. The van der Waals surface area contributed by atoms with Crippen LogP contribution in [0, 0.1) is 0 Å². The van der Waals surface area contributed by atoms with Crippen molar-refractivity contribution < 1.29 is 5.11 Å². The van der Waals surface area contributed by atoms with Crippen molar-refractivity contribution >= 4 is 11.6 Å². The number of hydrogen-bond acceptors (Lipinski definition) is 3. The topological polar surface area (TPSA) is 35.5 Å². The van der Waals surface area contributed by atoms with Gasteiger partial charge in [0.1, 0.15) is 5.75 Å². The zero-order chi connectivity index (χ0) is 13.5. The molecule has 19 heavy (non-hydrogen) atoms. The molecule has 0 aromatic heterocycles. The van der Waals surface area contributed by atoms with Crippen LogP contribution in [0.1, 0.15) is 31.2 Å². The van der Waals surface area contributed by atoms with Gasteiger partial charge in [0.15, 0.2) is 0 Å². The van der Waals surface area contributed by atoms with E-state index in [0.717, 1.165) is 18.7 Å². The molecule has 1 aromatic rings. The fraction of sp³-hybridized carbons (Fsp3) is 0.600. The molecule has 3 nitrogen and oxygen atoms in total. The van der Waals surface area contributed by atoms with Crippen LogP contribution in [0.15, 0.2) is 18.2 Å². The number of rotatable bonds is 5. The Morgan fingerprint density at radius 2 is 1.89 bits per heavy atom. The number of nitrogens with one attached hydrogen (secondary N) is 1. The molecule has 0 radical (unpaired) electrons. The molecule has 0 saturated carbocycles.